The molecule has 176 valence electrons. The highest BCUT2D eigenvalue weighted by Gasteiger charge is 2.34. The number of thioether (sulfide) groups is 1. The molecule has 2 amide bonds. The number of carbonyl (C=O) groups excluding carboxylic acids is 2. The number of imide groups is 1. The molecular weight excluding hydrogens is 484 g/mol. The fourth-order valence-electron chi connectivity index (χ4n) is 3.37. The summed E-state index contributed by atoms with van der Waals surface area (Å²) in [7, 11) is 0. The Kier molecular flexibility index (Phi) is 7.76. The Morgan fingerprint density at radius 2 is 1.83 bits per heavy atom. The van der Waals surface area contributed by atoms with E-state index in [-0.39, 0.29) is 30.9 Å². The Balaban J connectivity index is 1.37. The Labute approximate surface area is 212 Å². The van der Waals surface area contributed by atoms with E-state index in [1.807, 2.05) is 43.3 Å². The molecule has 1 aliphatic heterocycles. The van der Waals surface area contributed by atoms with Gasteiger partial charge in [0.25, 0.3) is 11.1 Å². The molecule has 0 atom stereocenters. The zero-order chi connectivity index (χ0) is 24.8. The van der Waals surface area contributed by atoms with E-state index in [2.05, 4.69) is 6.07 Å². The number of benzene rings is 3. The zero-order valence-corrected chi connectivity index (χ0v) is 20.4. The van der Waals surface area contributed by atoms with Gasteiger partial charge in [-0.2, -0.15) is 5.26 Å². The molecule has 1 heterocycles. The highest BCUT2D eigenvalue weighted by atomic mass is 35.5. The molecule has 3 aromatic carbocycles. The topological polar surface area (TPSA) is 79.6 Å². The van der Waals surface area contributed by atoms with Gasteiger partial charge in [0.05, 0.1) is 28.1 Å². The number of hydrogen-bond acceptors (Lipinski definition) is 6. The highest BCUT2D eigenvalue weighted by molar-refractivity contribution is 8.18. The Morgan fingerprint density at radius 1 is 1.06 bits per heavy atom. The van der Waals surface area contributed by atoms with Gasteiger partial charge >= 0.3 is 0 Å². The lowest BCUT2D eigenvalue weighted by Gasteiger charge is -2.13. The number of ether oxygens (including phenoxy) is 2. The quantitative estimate of drug-likeness (QED) is 0.339. The van der Waals surface area contributed by atoms with Gasteiger partial charge in [0, 0.05) is 5.56 Å². The number of carbonyl (C=O) groups is 2. The maximum atomic E-state index is 12.8. The van der Waals surface area contributed by atoms with Crippen LogP contribution in [0.3, 0.4) is 0 Å². The lowest BCUT2D eigenvalue weighted by molar-refractivity contribution is -0.123. The summed E-state index contributed by atoms with van der Waals surface area (Å²) in [5.74, 6) is 0.779. The number of hydrogen-bond donors (Lipinski definition) is 0. The summed E-state index contributed by atoms with van der Waals surface area (Å²) < 4.78 is 11.4. The number of amides is 2. The van der Waals surface area contributed by atoms with E-state index in [1.165, 1.54) is 4.90 Å². The minimum Gasteiger partial charge on any atom is -0.492 e. The molecule has 6 nitrogen and oxygen atoms in total. The van der Waals surface area contributed by atoms with Crippen LogP contribution in [0.25, 0.3) is 6.08 Å². The maximum Gasteiger partial charge on any atom is 0.293 e. The third-order valence-corrected chi connectivity index (χ3v) is 6.46. The Bertz CT molecular complexity index is 1330. The van der Waals surface area contributed by atoms with Crippen molar-refractivity contribution in [2.24, 2.45) is 0 Å². The number of halogens is 1. The van der Waals surface area contributed by atoms with Crippen LogP contribution in [-0.2, 0) is 11.4 Å². The third-order valence-electron chi connectivity index (χ3n) is 5.25. The van der Waals surface area contributed by atoms with Crippen LogP contribution < -0.4 is 9.47 Å². The standard InChI is InChI=1S/C27H21ClN2O4S/c1-18-6-9-22(10-7-18)33-13-12-30-26(31)25(35-27(30)32)15-19-8-11-24(23(28)14-19)34-17-21-5-3-2-4-20(21)16-29/h2-11,14-15H,12-13,17H2,1H3/b25-15-. The van der Waals surface area contributed by atoms with Crippen molar-refractivity contribution in [1.82, 2.24) is 4.90 Å². The summed E-state index contributed by atoms with van der Waals surface area (Å²) in [5.41, 5.74) is 3.09. The molecule has 1 saturated heterocycles. The second-order valence-electron chi connectivity index (χ2n) is 7.74. The molecular formula is C27H21ClN2O4S. The first kappa shape index (κ1) is 24.4. The molecule has 35 heavy (non-hydrogen) atoms. The molecule has 0 aliphatic carbocycles. The predicted octanol–water partition coefficient (Wildman–Crippen LogP) is 6.21. The van der Waals surface area contributed by atoms with Gasteiger partial charge in [0.15, 0.2) is 0 Å². The van der Waals surface area contributed by atoms with Crippen molar-refractivity contribution in [1.29, 1.82) is 5.26 Å². The van der Waals surface area contributed by atoms with Crippen molar-refractivity contribution >= 4 is 40.6 Å². The number of nitrogens with zero attached hydrogens (tertiary/aromatic N) is 2. The minimum atomic E-state index is -0.364. The number of aryl methyl sites for hydroxylation is 1. The van der Waals surface area contributed by atoms with Gasteiger partial charge < -0.3 is 9.47 Å². The van der Waals surface area contributed by atoms with E-state index in [9.17, 15) is 14.9 Å². The van der Waals surface area contributed by atoms with Gasteiger partial charge in [0.2, 0.25) is 0 Å². The number of nitriles is 1. The van der Waals surface area contributed by atoms with E-state index in [4.69, 9.17) is 21.1 Å². The summed E-state index contributed by atoms with van der Waals surface area (Å²) >= 11 is 7.26. The van der Waals surface area contributed by atoms with E-state index in [0.717, 1.165) is 22.9 Å². The second-order valence-corrected chi connectivity index (χ2v) is 9.14. The summed E-state index contributed by atoms with van der Waals surface area (Å²) in [4.78, 5) is 26.6. The maximum absolute atomic E-state index is 12.8. The molecule has 0 radical (unpaired) electrons. The van der Waals surface area contributed by atoms with Gasteiger partial charge in [-0.15, -0.1) is 0 Å². The molecule has 0 N–H and O–H groups in total. The van der Waals surface area contributed by atoms with Gasteiger partial charge in [0.1, 0.15) is 24.7 Å². The van der Waals surface area contributed by atoms with E-state index >= 15 is 0 Å². The molecule has 0 saturated carbocycles. The monoisotopic (exact) mass is 504 g/mol. The van der Waals surface area contributed by atoms with Crippen molar-refractivity contribution in [2.45, 2.75) is 13.5 Å². The summed E-state index contributed by atoms with van der Waals surface area (Å²) in [5, 5.41) is 9.23. The molecule has 8 heteroatoms. The molecule has 1 aliphatic rings. The fourth-order valence-corrected chi connectivity index (χ4v) is 4.48. The fraction of sp³-hybridized carbons (Fsp3) is 0.148. The van der Waals surface area contributed by atoms with Crippen LogP contribution in [0.1, 0.15) is 22.3 Å². The van der Waals surface area contributed by atoms with Crippen molar-refractivity contribution < 1.29 is 19.1 Å². The molecule has 0 spiro atoms. The lowest BCUT2D eigenvalue weighted by atomic mass is 10.1. The first-order chi connectivity index (χ1) is 16.9. The Hall–Kier alpha value is -3.73. The van der Waals surface area contributed by atoms with Crippen LogP contribution >= 0.6 is 23.4 Å². The molecule has 0 bridgehead atoms. The molecule has 1 fully saturated rings. The van der Waals surface area contributed by atoms with Crippen LogP contribution in [0.2, 0.25) is 5.02 Å². The summed E-state index contributed by atoms with van der Waals surface area (Å²) in [6, 6.07) is 22.0. The van der Waals surface area contributed by atoms with Crippen LogP contribution in [0.15, 0.2) is 71.6 Å². The van der Waals surface area contributed by atoms with E-state index in [1.54, 1.807) is 36.4 Å². The van der Waals surface area contributed by atoms with Gasteiger partial charge in [-0.1, -0.05) is 53.6 Å². The smallest absolute Gasteiger partial charge is 0.293 e. The van der Waals surface area contributed by atoms with E-state index < -0.39 is 0 Å². The summed E-state index contributed by atoms with van der Waals surface area (Å²) in [6.07, 6.45) is 1.63. The van der Waals surface area contributed by atoms with Crippen LogP contribution in [-0.4, -0.2) is 29.2 Å². The normalized spacial score (nSPS) is 14.3. The van der Waals surface area contributed by atoms with Gasteiger partial charge in [-0.05, 0) is 60.7 Å². The average Bonchev–Trinajstić information content (AvgIpc) is 3.12. The first-order valence-corrected chi connectivity index (χ1v) is 12.0. The lowest BCUT2D eigenvalue weighted by Crippen LogP contribution is -2.32. The van der Waals surface area contributed by atoms with Gasteiger partial charge in [-0.3, -0.25) is 14.5 Å². The van der Waals surface area contributed by atoms with Gasteiger partial charge in [-0.25, -0.2) is 0 Å². The van der Waals surface area contributed by atoms with Crippen LogP contribution in [0, 0.1) is 18.3 Å². The van der Waals surface area contributed by atoms with E-state index in [0.29, 0.717) is 32.6 Å². The molecule has 3 aromatic rings. The molecule has 0 unspecified atom stereocenters. The zero-order valence-electron chi connectivity index (χ0n) is 18.9. The van der Waals surface area contributed by atoms with Crippen molar-refractivity contribution in [3.05, 3.63) is 98.9 Å². The predicted molar refractivity (Wildman–Crippen MR) is 136 cm³/mol. The van der Waals surface area contributed by atoms with Crippen molar-refractivity contribution in [3.63, 3.8) is 0 Å². The van der Waals surface area contributed by atoms with Crippen LogP contribution in [0.4, 0.5) is 4.79 Å². The SMILES string of the molecule is Cc1ccc(OCCN2C(=O)S/C(=C\c3ccc(OCc4ccccc4C#N)c(Cl)c3)C2=O)cc1. The van der Waals surface area contributed by atoms with Crippen molar-refractivity contribution in [2.75, 3.05) is 13.2 Å². The largest absolute Gasteiger partial charge is 0.492 e. The minimum absolute atomic E-state index is 0.160. The Morgan fingerprint density at radius 3 is 2.57 bits per heavy atom. The highest BCUT2D eigenvalue weighted by Crippen LogP contribution is 2.34. The van der Waals surface area contributed by atoms with Crippen molar-refractivity contribution in [3.8, 4) is 17.6 Å². The molecule has 4 rings (SSSR count). The summed E-state index contributed by atoms with van der Waals surface area (Å²) in [6.45, 7) is 2.56. The second kappa shape index (κ2) is 11.1. The molecule has 0 aromatic heterocycles. The third kappa shape index (κ3) is 6.04. The average molecular weight is 505 g/mol. The number of rotatable bonds is 8. The van der Waals surface area contributed by atoms with Crippen LogP contribution in [0.5, 0.6) is 11.5 Å². The first-order valence-electron chi connectivity index (χ1n) is 10.8.